The summed E-state index contributed by atoms with van der Waals surface area (Å²) >= 11 is 0. The molecule has 1 rings (SSSR count). The third-order valence-electron chi connectivity index (χ3n) is 2.16. The summed E-state index contributed by atoms with van der Waals surface area (Å²) in [5.41, 5.74) is 7.54. The number of ether oxygens (including phenoxy) is 1. The van der Waals surface area contributed by atoms with Gasteiger partial charge in [-0.25, -0.2) is 0 Å². The van der Waals surface area contributed by atoms with E-state index in [9.17, 15) is 0 Å². The van der Waals surface area contributed by atoms with Gasteiger partial charge in [-0.3, -0.25) is 5.10 Å². The summed E-state index contributed by atoms with van der Waals surface area (Å²) < 4.78 is 5.09. The van der Waals surface area contributed by atoms with Crippen LogP contribution in [0.4, 0.5) is 0 Å². The van der Waals surface area contributed by atoms with Crippen molar-refractivity contribution in [2.45, 2.75) is 19.4 Å². The zero-order chi connectivity index (χ0) is 11.3. The second kappa shape index (κ2) is 5.17. The number of nitriles is 1. The van der Waals surface area contributed by atoms with Crippen molar-refractivity contribution in [3.8, 4) is 6.07 Å². The molecule has 0 aromatic carbocycles. The first-order valence-corrected chi connectivity index (χ1v) is 4.59. The fourth-order valence-electron chi connectivity index (χ4n) is 1.16. The Morgan fingerprint density at radius 3 is 3.00 bits per heavy atom. The third kappa shape index (κ3) is 2.82. The highest BCUT2D eigenvalue weighted by Gasteiger charge is 2.10. The first-order valence-electron chi connectivity index (χ1n) is 4.59. The lowest BCUT2D eigenvalue weighted by molar-refractivity contribution is 0.119. The Labute approximate surface area is 88.5 Å². The molecule has 3 N–H and O–H groups in total. The van der Waals surface area contributed by atoms with Crippen molar-refractivity contribution in [3.05, 3.63) is 23.5 Å². The number of aromatic amines is 1. The van der Waals surface area contributed by atoms with E-state index in [0.717, 1.165) is 5.56 Å². The van der Waals surface area contributed by atoms with Crippen molar-refractivity contribution in [2.75, 3.05) is 7.11 Å². The van der Waals surface area contributed by atoms with Gasteiger partial charge in [0.2, 0.25) is 0 Å². The highest BCUT2D eigenvalue weighted by molar-refractivity contribution is 5.68. The largest absolute Gasteiger partial charge is 0.397 e. The van der Waals surface area contributed by atoms with Crippen LogP contribution in [-0.2, 0) is 4.74 Å². The van der Waals surface area contributed by atoms with Gasteiger partial charge in [-0.1, -0.05) is 0 Å². The Morgan fingerprint density at radius 2 is 2.53 bits per heavy atom. The van der Waals surface area contributed by atoms with Gasteiger partial charge in [0.1, 0.15) is 0 Å². The smallest absolute Gasteiger partial charge is 0.0970 e. The summed E-state index contributed by atoms with van der Waals surface area (Å²) in [6, 6.07) is 2.09. The Morgan fingerprint density at radius 1 is 1.80 bits per heavy atom. The Hall–Kier alpha value is -1.80. The number of nitrogens with zero attached hydrogens (tertiary/aromatic N) is 2. The van der Waals surface area contributed by atoms with Crippen LogP contribution in [0.25, 0.3) is 5.70 Å². The first kappa shape index (κ1) is 11.3. The lowest BCUT2D eigenvalue weighted by Crippen LogP contribution is -2.09. The van der Waals surface area contributed by atoms with E-state index in [4.69, 9.17) is 15.7 Å². The van der Waals surface area contributed by atoms with Crippen LogP contribution in [0.1, 0.15) is 18.9 Å². The van der Waals surface area contributed by atoms with Crippen LogP contribution in [-0.4, -0.2) is 23.4 Å². The summed E-state index contributed by atoms with van der Waals surface area (Å²) in [6.45, 7) is 1.89. The van der Waals surface area contributed by atoms with Gasteiger partial charge < -0.3 is 10.5 Å². The van der Waals surface area contributed by atoms with E-state index in [1.54, 1.807) is 19.5 Å². The van der Waals surface area contributed by atoms with Crippen molar-refractivity contribution in [1.82, 2.24) is 10.2 Å². The molecule has 5 nitrogen and oxygen atoms in total. The fraction of sp³-hybridized carbons (Fsp3) is 0.400. The lowest BCUT2D eigenvalue weighted by atomic mass is 10.1. The van der Waals surface area contributed by atoms with Gasteiger partial charge in [-0.15, -0.1) is 0 Å². The number of nitrogens with one attached hydrogen (secondary N) is 1. The molecule has 0 saturated carbocycles. The Balaban J connectivity index is 2.90. The van der Waals surface area contributed by atoms with Crippen molar-refractivity contribution in [2.24, 2.45) is 5.73 Å². The molecule has 0 amide bonds. The van der Waals surface area contributed by atoms with Crippen molar-refractivity contribution < 1.29 is 4.74 Å². The van der Waals surface area contributed by atoms with Gasteiger partial charge in [-0.05, 0) is 6.92 Å². The number of hydrogen-bond donors (Lipinski definition) is 2. The number of H-pyrrole nitrogens is 1. The van der Waals surface area contributed by atoms with E-state index < -0.39 is 0 Å². The van der Waals surface area contributed by atoms with Gasteiger partial charge >= 0.3 is 0 Å². The molecule has 0 aliphatic rings. The van der Waals surface area contributed by atoms with Gasteiger partial charge in [0.15, 0.2) is 0 Å². The SMILES string of the molecule is COC(C)C/C(C#N)=C(\N)c1cn[nH]c1. The summed E-state index contributed by atoms with van der Waals surface area (Å²) in [5, 5.41) is 15.4. The molecule has 1 atom stereocenters. The Bertz CT molecular complexity index is 375. The quantitative estimate of drug-likeness (QED) is 0.720. The molecule has 1 unspecified atom stereocenters. The zero-order valence-corrected chi connectivity index (χ0v) is 8.82. The average molecular weight is 206 g/mol. The number of rotatable bonds is 4. The van der Waals surface area contributed by atoms with Crippen LogP contribution in [0.3, 0.4) is 0 Å². The van der Waals surface area contributed by atoms with E-state index in [0.29, 0.717) is 17.7 Å². The minimum absolute atomic E-state index is 0.0231. The molecule has 0 spiro atoms. The normalized spacial score (nSPS) is 14.2. The highest BCUT2D eigenvalue weighted by atomic mass is 16.5. The van der Waals surface area contributed by atoms with Crippen LogP contribution in [0.5, 0.6) is 0 Å². The number of aromatic nitrogens is 2. The van der Waals surface area contributed by atoms with Crippen LogP contribution in [0.2, 0.25) is 0 Å². The van der Waals surface area contributed by atoms with Crippen LogP contribution < -0.4 is 5.73 Å². The van der Waals surface area contributed by atoms with Gasteiger partial charge in [0.05, 0.1) is 29.6 Å². The van der Waals surface area contributed by atoms with E-state index in [-0.39, 0.29) is 6.10 Å². The molecule has 15 heavy (non-hydrogen) atoms. The molecule has 0 bridgehead atoms. The second-order valence-electron chi connectivity index (χ2n) is 3.24. The second-order valence-corrected chi connectivity index (χ2v) is 3.24. The summed E-state index contributed by atoms with van der Waals surface area (Å²) in [5.74, 6) is 0. The van der Waals surface area contributed by atoms with Crippen molar-refractivity contribution in [1.29, 1.82) is 5.26 Å². The predicted octanol–water partition coefficient (Wildman–Crippen LogP) is 1.03. The first-order chi connectivity index (χ1) is 7.19. The molecular formula is C10H14N4O. The maximum atomic E-state index is 8.97. The molecule has 0 aliphatic heterocycles. The van der Waals surface area contributed by atoms with E-state index >= 15 is 0 Å². The molecule has 1 heterocycles. The predicted molar refractivity (Wildman–Crippen MR) is 56.4 cm³/mol. The minimum Gasteiger partial charge on any atom is -0.397 e. The molecule has 0 radical (unpaired) electrons. The zero-order valence-electron chi connectivity index (χ0n) is 8.82. The lowest BCUT2D eigenvalue weighted by Gasteiger charge is -2.09. The summed E-state index contributed by atoms with van der Waals surface area (Å²) in [7, 11) is 1.60. The van der Waals surface area contributed by atoms with Crippen molar-refractivity contribution >= 4 is 5.70 Å². The monoisotopic (exact) mass is 206 g/mol. The van der Waals surface area contributed by atoms with E-state index in [2.05, 4.69) is 16.3 Å². The van der Waals surface area contributed by atoms with Gasteiger partial charge in [0.25, 0.3) is 0 Å². The molecule has 0 fully saturated rings. The third-order valence-corrected chi connectivity index (χ3v) is 2.16. The molecule has 0 saturated heterocycles. The van der Waals surface area contributed by atoms with Gasteiger partial charge in [-0.2, -0.15) is 10.4 Å². The van der Waals surface area contributed by atoms with E-state index in [1.165, 1.54) is 0 Å². The molecule has 80 valence electrons. The number of hydrogen-bond acceptors (Lipinski definition) is 4. The molecule has 5 heteroatoms. The maximum Gasteiger partial charge on any atom is 0.0970 e. The minimum atomic E-state index is -0.0231. The average Bonchev–Trinajstić information content (AvgIpc) is 2.77. The fourth-order valence-corrected chi connectivity index (χ4v) is 1.16. The molecule has 1 aromatic heterocycles. The highest BCUT2D eigenvalue weighted by Crippen LogP contribution is 2.16. The maximum absolute atomic E-state index is 8.97. The van der Waals surface area contributed by atoms with Crippen LogP contribution in [0, 0.1) is 11.3 Å². The molecular weight excluding hydrogens is 192 g/mol. The molecule has 0 aliphatic carbocycles. The van der Waals surface area contributed by atoms with Crippen LogP contribution >= 0.6 is 0 Å². The van der Waals surface area contributed by atoms with Crippen LogP contribution in [0.15, 0.2) is 18.0 Å². The standard InChI is InChI=1S/C10H14N4O/c1-7(15-2)3-8(4-11)10(12)9-5-13-14-6-9/h5-7H,3,12H2,1-2H3,(H,13,14)/b10-8+. The van der Waals surface area contributed by atoms with Crippen molar-refractivity contribution in [3.63, 3.8) is 0 Å². The topological polar surface area (TPSA) is 87.7 Å². The van der Waals surface area contributed by atoms with Gasteiger partial charge in [0, 0.05) is 25.3 Å². The summed E-state index contributed by atoms with van der Waals surface area (Å²) in [4.78, 5) is 0. The Kier molecular flexibility index (Phi) is 3.89. The van der Waals surface area contributed by atoms with E-state index in [1.807, 2.05) is 6.92 Å². The number of nitrogens with two attached hydrogens (primary N) is 1. The molecule has 1 aromatic rings. The number of methoxy groups -OCH3 is 1. The summed E-state index contributed by atoms with van der Waals surface area (Å²) in [6.07, 6.45) is 3.73.